The molecule has 3 nitrogen and oxygen atoms in total. The van der Waals surface area contributed by atoms with Gasteiger partial charge < -0.3 is 11.1 Å². The van der Waals surface area contributed by atoms with Crippen LogP contribution >= 0.6 is 15.9 Å². The van der Waals surface area contributed by atoms with Gasteiger partial charge in [-0.1, -0.05) is 6.92 Å². The largest absolute Gasteiger partial charge is 0.330 e. The van der Waals surface area contributed by atoms with Crippen molar-refractivity contribution in [1.82, 2.24) is 0 Å². The van der Waals surface area contributed by atoms with Crippen LogP contribution in [-0.2, 0) is 4.79 Å². The Morgan fingerprint density at radius 2 is 2.12 bits per heavy atom. The van der Waals surface area contributed by atoms with E-state index in [-0.39, 0.29) is 28.4 Å². The fourth-order valence-electron chi connectivity index (χ4n) is 1.22. The van der Waals surface area contributed by atoms with Gasteiger partial charge in [-0.2, -0.15) is 0 Å². The Bertz CT molecular complexity index is 426. The molecule has 0 saturated carbocycles. The highest BCUT2D eigenvalue weighted by Gasteiger charge is 2.12. The average Bonchev–Trinajstić information content (AvgIpc) is 2.25. The van der Waals surface area contributed by atoms with Crippen LogP contribution in [0.2, 0.25) is 0 Å². The normalized spacial score (nSPS) is 12.3. The van der Waals surface area contributed by atoms with Gasteiger partial charge in [-0.25, -0.2) is 8.78 Å². The van der Waals surface area contributed by atoms with Crippen LogP contribution in [0.1, 0.15) is 13.3 Å². The molecule has 94 valence electrons. The van der Waals surface area contributed by atoms with Crippen molar-refractivity contribution >= 4 is 27.5 Å². The van der Waals surface area contributed by atoms with Crippen molar-refractivity contribution in [3.05, 3.63) is 28.2 Å². The number of nitrogens with two attached hydrogens (primary N) is 1. The monoisotopic (exact) mass is 306 g/mol. The van der Waals surface area contributed by atoms with Crippen LogP contribution in [0.25, 0.3) is 0 Å². The molecule has 1 amide bonds. The van der Waals surface area contributed by atoms with Crippen molar-refractivity contribution in [2.75, 3.05) is 11.9 Å². The van der Waals surface area contributed by atoms with Crippen molar-refractivity contribution in [3.8, 4) is 0 Å². The molecule has 0 fully saturated rings. The molecule has 0 aromatic heterocycles. The predicted octanol–water partition coefficient (Wildman–Crippen LogP) is 2.65. The number of anilines is 1. The van der Waals surface area contributed by atoms with Gasteiger partial charge in [0.15, 0.2) is 0 Å². The summed E-state index contributed by atoms with van der Waals surface area (Å²) in [5.74, 6) is -1.71. The maximum atomic E-state index is 13.4. The van der Waals surface area contributed by atoms with Crippen molar-refractivity contribution in [2.24, 2.45) is 11.7 Å². The number of rotatable bonds is 4. The van der Waals surface area contributed by atoms with Crippen LogP contribution in [0.4, 0.5) is 14.5 Å². The van der Waals surface area contributed by atoms with E-state index < -0.39 is 11.6 Å². The fourth-order valence-corrected chi connectivity index (χ4v) is 1.53. The van der Waals surface area contributed by atoms with Gasteiger partial charge >= 0.3 is 0 Å². The van der Waals surface area contributed by atoms with Crippen molar-refractivity contribution in [2.45, 2.75) is 13.3 Å². The molecular weight excluding hydrogens is 294 g/mol. The number of nitrogens with one attached hydrogen (secondary N) is 1. The highest BCUT2D eigenvalue weighted by molar-refractivity contribution is 9.10. The molecule has 0 radical (unpaired) electrons. The molecule has 17 heavy (non-hydrogen) atoms. The van der Waals surface area contributed by atoms with Crippen molar-refractivity contribution < 1.29 is 13.6 Å². The first-order valence-electron chi connectivity index (χ1n) is 5.08. The minimum Gasteiger partial charge on any atom is -0.330 e. The molecule has 1 aromatic rings. The first-order chi connectivity index (χ1) is 7.93. The lowest BCUT2D eigenvalue weighted by atomic mass is 10.1. The predicted molar refractivity (Wildman–Crippen MR) is 65.5 cm³/mol. The van der Waals surface area contributed by atoms with Gasteiger partial charge in [0.25, 0.3) is 0 Å². The van der Waals surface area contributed by atoms with Gasteiger partial charge in [-0.05, 0) is 34.5 Å². The lowest BCUT2D eigenvalue weighted by Crippen LogP contribution is -2.20. The zero-order valence-corrected chi connectivity index (χ0v) is 10.9. The lowest BCUT2D eigenvalue weighted by Gasteiger charge is -2.10. The minimum absolute atomic E-state index is 0.00152. The molecule has 1 unspecified atom stereocenters. The van der Waals surface area contributed by atoms with Gasteiger partial charge in [0.1, 0.15) is 11.6 Å². The van der Waals surface area contributed by atoms with E-state index in [1.54, 1.807) is 6.92 Å². The molecule has 0 heterocycles. The summed E-state index contributed by atoms with van der Waals surface area (Å²) < 4.78 is 26.5. The van der Waals surface area contributed by atoms with Gasteiger partial charge in [0.05, 0.1) is 10.2 Å². The lowest BCUT2D eigenvalue weighted by molar-refractivity contribution is -0.116. The number of halogens is 3. The summed E-state index contributed by atoms with van der Waals surface area (Å²) >= 11 is 2.85. The molecule has 0 bridgehead atoms. The summed E-state index contributed by atoms with van der Waals surface area (Å²) in [6.07, 6.45) is 0.174. The van der Waals surface area contributed by atoms with E-state index in [9.17, 15) is 13.6 Å². The topological polar surface area (TPSA) is 55.1 Å². The number of hydrogen-bond donors (Lipinski definition) is 2. The molecule has 0 aliphatic rings. The summed E-state index contributed by atoms with van der Waals surface area (Å²) in [7, 11) is 0. The Labute approximate surface area is 107 Å². The molecule has 6 heteroatoms. The Balaban J connectivity index is 2.75. The molecule has 0 aliphatic heterocycles. The first-order valence-corrected chi connectivity index (χ1v) is 5.87. The van der Waals surface area contributed by atoms with Crippen LogP contribution in [0, 0.1) is 17.6 Å². The van der Waals surface area contributed by atoms with Crippen LogP contribution in [0.3, 0.4) is 0 Å². The molecule has 3 N–H and O–H groups in total. The quantitative estimate of drug-likeness (QED) is 0.840. The van der Waals surface area contributed by atoms with Crippen LogP contribution < -0.4 is 11.1 Å². The second kappa shape index (κ2) is 6.07. The standard InChI is InChI=1S/C11H13BrF2N2O/c1-6(5-15)2-11(17)16-10-4-8(13)7(12)3-9(10)14/h3-4,6H,2,5,15H2,1H3,(H,16,17). The summed E-state index contributed by atoms with van der Waals surface area (Å²) in [6.45, 7) is 2.17. The SMILES string of the molecule is CC(CN)CC(=O)Nc1cc(F)c(Br)cc1F. The highest BCUT2D eigenvalue weighted by atomic mass is 79.9. The van der Waals surface area contributed by atoms with Gasteiger partial charge in [0.2, 0.25) is 5.91 Å². The maximum absolute atomic E-state index is 13.4. The highest BCUT2D eigenvalue weighted by Crippen LogP contribution is 2.23. The van der Waals surface area contributed by atoms with Crippen LogP contribution in [0.15, 0.2) is 16.6 Å². The Morgan fingerprint density at radius 3 is 2.71 bits per heavy atom. The van der Waals surface area contributed by atoms with E-state index in [2.05, 4.69) is 21.2 Å². The molecule has 1 aromatic carbocycles. The Kier molecular flexibility index (Phi) is 5.02. The van der Waals surface area contributed by atoms with E-state index in [1.165, 1.54) is 0 Å². The van der Waals surface area contributed by atoms with E-state index in [0.29, 0.717) is 6.54 Å². The van der Waals surface area contributed by atoms with Crippen LogP contribution in [0.5, 0.6) is 0 Å². The second-order valence-corrected chi connectivity index (χ2v) is 4.69. The Morgan fingerprint density at radius 1 is 1.47 bits per heavy atom. The van der Waals surface area contributed by atoms with Gasteiger partial charge in [-0.3, -0.25) is 4.79 Å². The fraction of sp³-hybridized carbons (Fsp3) is 0.364. The number of benzene rings is 1. The molecule has 1 rings (SSSR count). The van der Waals surface area contributed by atoms with Crippen LogP contribution in [-0.4, -0.2) is 12.5 Å². The zero-order valence-electron chi connectivity index (χ0n) is 9.27. The third-order valence-electron chi connectivity index (χ3n) is 2.22. The molecule has 0 aliphatic carbocycles. The molecule has 0 spiro atoms. The number of hydrogen-bond acceptors (Lipinski definition) is 2. The molecule has 0 saturated heterocycles. The third-order valence-corrected chi connectivity index (χ3v) is 2.83. The number of amides is 1. The minimum atomic E-state index is -0.688. The third kappa shape index (κ3) is 4.05. The van der Waals surface area contributed by atoms with Gasteiger partial charge in [-0.15, -0.1) is 0 Å². The van der Waals surface area contributed by atoms with Crippen molar-refractivity contribution in [3.63, 3.8) is 0 Å². The first kappa shape index (κ1) is 14.1. The molecule has 1 atom stereocenters. The summed E-state index contributed by atoms with van der Waals surface area (Å²) in [5.41, 5.74) is 5.20. The van der Waals surface area contributed by atoms with Gasteiger partial charge in [0, 0.05) is 12.5 Å². The second-order valence-electron chi connectivity index (χ2n) is 3.84. The zero-order chi connectivity index (χ0) is 13.0. The molecular formula is C11H13BrF2N2O. The number of carbonyl (C=O) groups excluding carboxylic acids is 1. The summed E-state index contributed by atoms with van der Waals surface area (Å²) in [6, 6.07) is 1.90. The van der Waals surface area contributed by atoms with E-state index in [4.69, 9.17) is 5.73 Å². The summed E-state index contributed by atoms with van der Waals surface area (Å²) in [4.78, 5) is 11.5. The van der Waals surface area contributed by atoms with Crippen molar-refractivity contribution in [1.29, 1.82) is 0 Å². The van der Waals surface area contributed by atoms with E-state index in [0.717, 1.165) is 12.1 Å². The average molecular weight is 307 g/mol. The summed E-state index contributed by atoms with van der Waals surface area (Å²) in [5, 5.41) is 2.31. The van der Waals surface area contributed by atoms with E-state index >= 15 is 0 Å². The smallest absolute Gasteiger partial charge is 0.224 e. The Hall–Kier alpha value is -1.01. The maximum Gasteiger partial charge on any atom is 0.224 e. The van der Waals surface area contributed by atoms with E-state index in [1.807, 2.05) is 0 Å². The number of carbonyl (C=O) groups is 1.